The van der Waals surface area contributed by atoms with Gasteiger partial charge in [-0.15, -0.1) is 5.10 Å². The van der Waals surface area contributed by atoms with Crippen molar-refractivity contribution < 1.29 is 0 Å². The van der Waals surface area contributed by atoms with Gasteiger partial charge >= 0.3 is 0 Å². The molecule has 2 rings (SSSR count). The number of hydrogen-bond donors (Lipinski definition) is 2. The van der Waals surface area contributed by atoms with Crippen LogP contribution < -0.4 is 11.1 Å². The third-order valence-corrected chi connectivity index (χ3v) is 2.70. The molecule has 0 radical (unpaired) electrons. The lowest BCUT2D eigenvalue weighted by molar-refractivity contribution is 0.799. The zero-order valence-electron chi connectivity index (χ0n) is 10.3. The first kappa shape index (κ1) is 11.8. The van der Waals surface area contributed by atoms with Crippen LogP contribution in [0.25, 0.3) is 10.8 Å². The average molecular weight is 230 g/mol. The normalized spacial score (nSPS) is 11.1. The maximum atomic E-state index is 5.49. The number of rotatable bonds is 4. The topological polar surface area (TPSA) is 63.8 Å². The van der Waals surface area contributed by atoms with Crippen molar-refractivity contribution in [1.82, 2.24) is 10.2 Å². The van der Waals surface area contributed by atoms with Gasteiger partial charge in [0, 0.05) is 23.9 Å². The Kier molecular flexibility index (Phi) is 3.54. The molecule has 1 aromatic heterocycles. The number of nitrogens with one attached hydrogen (secondary N) is 1. The van der Waals surface area contributed by atoms with E-state index in [1.165, 1.54) is 0 Å². The van der Waals surface area contributed by atoms with E-state index in [4.69, 9.17) is 5.73 Å². The summed E-state index contributed by atoms with van der Waals surface area (Å²) in [5, 5.41) is 14.0. The van der Waals surface area contributed by atoms with Crippen LogP contribution in [0.5, 0.6) is 0 Å². The standard InChI is InChI=1S/C13H18N4/c1-9(2)12-10-5-3-4-6-11(10)13(17-16-12)15-8-7-14/h3-6,9H,7-8,14H2,1-2H3,(H,15,17). The summed E-state index contributed by atoms with van der Waals surface area (Å²) in [6.45, 7) is 5.55. The quantitative estimate of drug-likeness (QED) is 0.844. The lowest BCUT2D eigenvalue weighted by Crippen LogP contribution is -2.15. The molecule has 3 N–H and O–H groups in total. The van der Waals surface area contributed by atoms with Crippen LogP contribution in [-0.4, -0.2) is 23.3 Å². The molecule has 0 unspecified atom stereocenters. The Balaban J connectivity index is 2.54. The molecule has 0 saturated heterocycles. The van der Waals surface area contributed by atoms with Crippen molar-refractivity contribution in [3.05, 3.63) is 30.0 Å². The molecule has 4 nitrogen and oxygen atoms in total. The van der Waals surface area contributed by atoms with Gasteiger partial charge in [-0.2, -0.15) is 5.10 Å². The molecular weight excluding hydrogens is 212 g/mol. The van der Waals surface area contributed by atoms with E-state index in [0.717, 1.165) is 22.3 Å². The van der Waals surface area contributed by atoms with Gasteiger partial charge in [-0.1, -0.05) is 38.1 Å². The molecule has 0 saturated carbocycles. The van der Waals surface area contributed by atoms with E-state index in [1.807, 2.05) is 12.1 Å². The Hall–Kier alpha value is -1.68. The highest BCUT2D eigenvalue weighted by Crippen LogP contribution is 2.26. The van der Waals surface area contributed by atoms with Gasteiger partial charge in [0.05, 0.1) is 5.69 Å². The molecule has 90 valence electrons. The van der Waals surface area contributed by atoms with E-state index in [0.29, 0.717) is 19.0 Å². The van der Waals surface area contributed by atoms with Crippen LogP contribution >= 0.6 is 0 Å². The van der Waals surface area contributed by atoms with Gasteiger partial charge in [-0.3, -0.25) is 0 Å². The van der Waals surface area contributed by atoms with Gasteiger partial charge in [-0.05, 0) is 5.92 Å². The first-order valence-corrected chi connectivity index (χ1v) is 5.93. The van der Waals surface area contributed by atoms with E-state index in [1.54, 1.807) is 0 Å². The molecule has 1 aromatic carbocycles. The van der Waals surface area contributed by atoms with E-state index >= 15 is 0 Å². The van der Waals surface area contributed by atoms with Crippen molar-refractivity contribution in [3.8, 4) is 0 Å². The van der Waals surface area contributed by atoms with Crippen molar-refractivity contribution in [2.45, 2.75) is 19.8 Å². The Labute approximate surface area is 101 Å². The summed E-state index contributed by atoms with van der Waals surface area (Å²) in [6, 6.07) is 8.20. The fourth-order valence-electron chi connectivity index (χ4n) is 1.87. The molecule has 0 aliphatic rings. The molecule has 4 heteroatoms. The summed E-state index contributed by atoms with van der Waals surface area (Å²) in [6.07, 6.45) is 0. The second-order valence-corrected chi connectivity index (χ2v) is 4.35. The number of hydrogen-bond acceptors (Lipinski definition) is 4. The number of anilines is 1. The minimum atomic E-state index is 0.371. The molecule has 0 bridgehead atoms. The predicted molar refractivity (Wildman–Crippen MR) is 71.2 cm³/mol. The van der Waals surface area contributed by atoms with E-state index in [-0.39, 0.29) is 0 Å². The summed E-state index contributed by atoms with van der Waals surface area (Å²) in [5.74, 6) is 1.19. The van der Waals surface area contributed by atoms with Crippen molar-refractivity contribution in [3.63, 3.8) is 0 Å². The zero-order valence-corrected chi connectivity index (χ0v) is 10.3. The number of nitrogens with two attached hydrogens (primary N) is 1. The van der Waals surface area contributed by atoms with Crippen LogP contribution in [0.4, 0.5) is 5.82 Å². The molecular formula is C13H18N4. The fourth-order valence-corrected chi connectivity index (χ4v) is 1.87. The Morgan fingerprint density at radius 1 is 1.18 bits per heavy atom. The van der Waals surface area contributed by atoms with E-state index in [2.05, 4.69) is 41.5 Å². The third kappa shape index (κ3) is 2.36. The number of benzene rings is 1. The average Bonchev–Trinajstić information content (AvgIpc) is 2.35. The largest absolute Gasteiger partial charge is 0.367 e. The lowest BCUT2D eigenvalue weighted by atomic mass is 10.0. The summed E-state index contributed by atoms with van der Waals surface area (Å²) < 4.78 is 0. The molecule has 0 spiro atoms. The van der Waals surface area contributed by atoms with E-state index in [9.17, 15) is 0 Å². The Bertz CT molecular complexity index is 508. The van der Waals surface area contributed by atoms with Crippen LogP contribution in [0.1, 0.15) is 25.5 Å². The van der Waals surface area contributed by atoms with Crippen LogP contribution in [-0.2, 0) is 0 Å². The lowest BCUT2D eigenvalue weighted by Gasteiger charge is -2.11. The fraction of sp³-hybridized carbons (Fsp3) is 0.385. The van der Waals surface area contributed by atoms with Crippen molar-refractivity contribution in [2.24, 2.45) is 5.73 Å². The SMILES string of the molecule is CC(C)c1nnc(NCCN)c2ccccc12. The van der Waals surface area contributed by atoms with Gasteiger partial charge in [0.1, 0.15) is 0 Å². The summed E-state index contributed by atoms with van der Waals surface area (Å²) in [5.41, 5.74) is 6.53. The zero-order chi connectivity index (χ0) is 12.3. The van der Waals surface area contributed by atoms with Gasteiger partial charge < -0.3 is 11.1 Å². The molecule has 0 aliphatic heterocycles. The first-order chi connectivity index (χ1) is 8.24. The molecule has 0 aliphatic carbocycles. The smallest absolute Gasteiger partial charge is 0.156 e. The van der Waals surface area contributed by atoms with Gasteiger partial charge in [-0.25, -0.2) is 0 Å². The monoisotopic (exact) mass is 230 g/mol. The predicted octanol–water partition coefficient (Wildman–Crippen LogP) is 2.12. The number of aromatic nitrogens is 2. The molecule has 17 heavy (non-hydrogen) atoms. The van der Waals surface area contributed by atoms with Crippen molar-refractivity contribution in [2.75, 3.05) is 18.4 Å². The second kappa shape index (κ2) is 5.10. The van der Waals surface area contributed by atoms with E-state index < -0.39 is 0 Å². The second-order valence-electron chi connectivity index (χ2n) is 4.35. The highest BCUT2D eigenvalue weighted by atomic mass is 15.2. The third-order valence-electron chi connectivity index (χ3n) is 2.70. The number of nitrogens with zero attached hydrogens (tertiary/aromatic N) is 2. The van der Waals surface area contributed by atoms with Gasteiger partial charge in [0.25, 0.3) is 0 Å². The minimum Gasteiger partial charge on any atom is -0.367 e. The highest BCUT2D eigenvalue weighted by Gasteiger charge is 2.10. The molecule has 0 atom stereocenters. The van der Waals surface area contributed by atoms with Crippen LogP contribution in [0.15, 0.2) is 24.3 Å². The summed E-state index contributed by atoms with van der Waals surface area (Å²) >= 11 is 0. The molecule has 0 fully saturated rings. The van der Waals surface area contributed by atoms with Crippen LogP contribution in [0.3, 0.4) is 0 Å². The van der Waals surface area contributed by atoms with Crippen LogP contribution in [0, 0.1) is 0 Å². The molecule has 1 heterocycles. The van der Waals surface area contributed by atoms with Crippen LogP contribution in [0.2, 0.25) is 0 Å². The van der Waals surface area contributed by atoms with Gasteiger partial charge in [0.15, 0.2) is 5.82 Å². The van der Waals surface area contributed by atoms with Crippen molar-refractivity contribution >= 4 is 16.6 Å². The number of fused-ring (bicyclic) bond motifs is 1. The maximum absolute atomic E-state index is 5.49. The van der Waals surface area contributed by atoms with Crippen molar-refractivity contribution in [1.29, 1.82) is 0 Å². The Morgan fingerprint density at radius 3 is 2.53 bits per heavy atom. The Morgan fingerprint density at radius 2 is 1.88 bits per heavy atom. The maximum Gasteiger partial charge on any atom is 0.156 e. The molecule has 2 aromatic rings. The van der Waals surface area contributed by atoms with Gasteiger partial charge in [0.2, 0.25) is 0 Å². The summed E-state index contributed by atoms with van der Waals surface area (Å²) in [4.78, 5) is 0. The highest BCUT2D eigenvalue weighted by molar-refractivity contribution is 5.93. The first-order valence-electron chi connectivity index (χ1n) is 5.93. The summed E-state index contributed by atoms with van der Waals surface area (Å²) in [7, 11) is 0. The molecule has 0 amide bonds. The minimum absolute atomic E-state index is 0.371.